The average molecular weight is 267 g/mol. The van der Waals surface area contributed by atoms with Crippen LogP contribution >= 0.6 is 0 Å². The largest absolute Gasteiger partial charge is 0.493 e. The Balaban J connectivity index is 2.75. The topological polar surface area (TPSA) is 67.8 Å². The van der Waals surface area contributed by atoms with Crippen molar-refractivity contribution in [1.29, 1.82) is 0 Å². The molecule has 1 aromatic carbocycles. The molecule has 0 aliphatic rings. The van der Waals surface area contributed by atoms with E-state index in [4.69, 9.17) is 14.6 Å². The van der Waals surface area contributed by atoms with E-state index in [0.717, 1.165) is 0 Å². The minimum Gasteiger partial charge on any atom is -0.493 e. The highest BCUT2D eigenvalue weighted by Crippen LogP contribution is 2.27. The Morgan fingerprint density at radius 1 is 1.42 bits per heavy atom. The molecule has 2 N–H and O–H groups in total. The van der Waals surface area contributed by atoms with Gasteiger partial charge in [0.1, 0.15) is 0 Å². The van der Waals surface area contributed by atoms with Gasteiger partial charge in [0.15, 0.2) is 11.5 Å². The lowest BCUT2D eigenvalue weighted by atomic mass is 10.1. The number of benzene rings is 1. The zero-order chi connectivity index (χ0) is 14.3. The monoisotopic (exact) mass is 267 g/mol. The average Bonchev–Trinajstić information content (AvgIpc) is 2.44. The van der Waals surface area contributed by atoms with Crippen LogP contribution in [0.4, 0.5) is 0 Å². The number of carbonyl (C=O) groups is 1. The second-order valence-corrected chi connectivity index (χ2v) is 4.30. The second-order valence-electron chi connectivity index (χ2n) is 4.30. The summed E-state index contributed by atoms with van der Waals surface area (Å²) in [6.07, 6.45) is 0. The highest BCUT2D eigenvalue weighted by molar-refractivity contribution is 5.94. The van der Waals surface area contributed by atoms with Crippen LogP contribution in [0.2, 0.25) is 0 Å². The molecule has 0 saturated carbocycles. The summed E-state index contributed by atoms with van der Waals surface area (Å²) in [7, 11) is 1.54. The molecule has 0 aliphatic carbocycles. The lowest BCUT2D eigenvalue weighted by Crippen LogP contribution is -2.29. The zero-order valence-corrected chi connectivity index (χ0v) is 11.6. The summed E-state index contributed by atoms with van der Waals surface area (Å²) in [5.41, 5.74) is 0.505. The predicted molar refractivity (Wildman–Crippen MR) is 72.7 cm³/mol. The molecule has 5 heteroatoms. The summed E-state index contributed by atoms with van der Waals surface area (Å²) >= 11 is 0. The van der Waals surface area contributed by atoms with Gasteiger partial charge in [0.05, 0.1) is 13.7 Å². The van der Waals surface area contributed by atoms with Gasteiger partial charge < -0.3 is 19.9 Å². The third kappa shape index (κ3) is 4.44. The van der Waals surface area contributed by atoms with Crippen LogP contribution in [-0.2, 0) is 0 Å². The number of carbonyl (C=O) groups excluding carboxylic acids is 1. The molecule has 1 unspecified atom stereocenters. The number of nitrogens with one attached hydrogen (secondary N) is 1. The first kappa shape index (κ1) is 15.3. The maximum Gasteiger partial charge on any atom is 0.251 e. The van der Waals surface area contributed by atoms with Crippen LogP contribution in [-0.4, -0.2) is 37.9 Å². The molecule has 19 heavy (non-hydrogen) atoms. The Labute approximate surface area is 113 Å². The molecule has 0 spiro atoms. The quantitative estimate of drug-likeness (QED) is 0.784. The van der Waals surface area contributed by atoms with Gasteiger partial charge in [0.2, 0.25) is 0 Å². The van der Waals surface area contributed by atoms with Gasteiger partial charge in [-0.05, 0) is 31.0 Å². The van der Waals surface area contributed by atoms with Gasteiger partial charge in [-0.3, -0.25) is 4.79 Å². The van der Waals surface area contributed by atoms with Crippen molar-refractivity contribution in [3.63, 3.8) is 0 Å². The van der Waals surface area contributed by atoms with Crippen LogP contribution in [0.3, 0.4) is 0 Å². The Bertz CT molecular complexity index is 420. The van der Waals surface area contributed by atoms with Crippen molar-refractivity contribution in [3.8, 4) is 11.5 Å². The number of methoxy groups -OCH3 is 1. The van der Waals surface area contributed by atoms with Gasteiger partial charge >= 0.3 is 0 Å². The number of hydrogen-bond acceptors (Lipinski definition) is 4. The summed E-state index contributed by atoms with van der Waals surface area (Å²) in [5.74, 6) is 0.991. The molecule has 106 valence electrons. The van der Waals surface area contributed by atoms with Gasteiger partial charge in [-0.15, -0.1) is 0 Å². The number of hydrogen-bond donors (Lipinski definition) is 2. The van der Waals surface area contributed by atoms with E-state index in [2.05, 4.69) is 5.32 Å². The molecule has 1 aromatic rings. The summed E-state index contributed by atoms with van der Waals surface area (Å²) < 4.78 is 10.6. The predicted octanol–water partition coefficient (Wildman–Crippen LogP) is 1.45. The minimum atomic E-state index is -0.193. The number of amides is 1. The first-order valence-corrected chi connectivity index (χ1v) is 6.32. The smallest absolute Gasteiger partial charge is 0.251 e. The molecular formula is C14H21NO4. The molecule has 1 rings (SSSR count). The first-order valence-electron chi connectivity index (χ1n) is 6.32. The Hall–Kier alpha value is -1.75. The standard InChI is InChI=1S/C14H21NO4/c1-4-19-12-6-5-11(7-13(12)18-3)14(17)15-8-10(2)9-16/h5-7,10,16H,4,8-9H2,1-3H3,(H,15,17). The van der Waals surface area contributed by atoms with Crippen LogP contribution in [0.5, 0.6) is 11.5 Å². The third-order valence-electron chi connectivity index (χ3n) is 2.65. The van der Waals surface area contributed by atoms with E-state index < -0.39 is 0 Å². The van der Waals surface area contributed by atoms with Crippen LogP contribution in [0.15, 0.2) is 18.2 Å². The molecule has 0 aliphatic heterocycles. The number of ether oxygens (including phenoxy) is 2. The van der Waals surface area contributed by atoms with Crippen LogP contribution in [0.25, 0.3) is 0 Å². The van der Waals surface area contributed by atoms with Crippen molar-refractivity contribution >= 4 is 5.91 Å². The Morgan fingerprint density at radius 3 is 2.74 bits per heavy atom. The molecular weight excluding hydrogens is 246 g/mol. The van der Waals surface area contributed by atoms with Crippen molar-refractivity contribution in [2.45, 2.75) is 13.8 Å². The minimum absolute atomic E-state index is 0.0357. The van der Waals surface area contributed by atoms with Crippen LogP contribution in [0.1, 0.15) is 24.2 Å². The SMILES string of the molecule is CCOc1ccc(C(=O)NCC(C)CO)cc1OC. The van der Waals surface area contributed by atoms with Crippen LogP contribution in [0, 0.1) is 5.92 Å². The Kier molecular flexibility index (Phi) is 6.15. The van der Waals surface area contributed by atoms with E-state index in [1.807, 2.05) is 13.8 Å². The zero-order valence-electron chi connectivity index (χ0n) is 11.6. The number of rotatable bonds is 7. The van der Waals surface area contributed by atoms with Crippen molar-refractivity contribution in [3.05, 3.63) is 23.8 Å². The number of aliphatic hydroxyl groups is 1. The molecule has 1 atom stereocenters. The van der Waals surface area contributed by atoms with Crippen molar-refractivity contribution in [2.24, 2.45) is 5.92 Å². The van der Waals surface area contributed by atoms with Crippen molar-refractivity contribution in [1.82, 2.24) is 5.32 Å². The molecule has 5 nitrogen and oxygen atoms in total. The lowest BCUT2D eigenvalue weighted by molar-refractivity contribution is 0.0942. The molecule has 1 amide bonds. The summed E-state index contributed by atoms with van der Waals surface area (Å²) in [4.78, 5) is 11.9. The summed E-state index contributed by atoms with van der Waals surface area (Å²) in [6.45, 7) is 4.77. The van der Waals surface area contributed by atoms with Crippen LogP contribution < -0.4 is 14.8 Å². The van der Waals surface area contributed by atoms with Gasteiger partial charge in [0, 0.05) is 18.7 Å². The fraction of sp³-hybridized carbons (Fsp3) is 0.500. The van der Waals surface area contributed by atoms with Gasteiger partial charge in [-0.25, -0.2) is 0 Å². The van der Waals surface area contributed by atoms with Gasteiger partial charge in [0.25, 0.3) is 5.91 Å². The van der Waals surface area contributed by atoms with E-state index in [9.17, 15) is 4.79 Å². The lowest BCUT2D eigenvalue weighted by Gasteiger charge is -2.12. The molecule has 0 fully saturated rings. The van der Waals surface area contributed by atoms with Gasteiger partial charge in [-0.1, -0.05) is 6.92 Å². The van der Waals surface area contributed by atoms with Crippen molar-refractivity contribution < 1.29 is 19.4 Å². The fourth-order valence-corrected chi connectivity index (χ4v) is 1.52. The summed E-state index contributed by atoms with van der Waals surface area (Å²) in [5, 5.41) is 11.7. The maximum absolute atomic E-state index is 11.9. The van der Waals surface area contributed by atoms with E-state index in [1.165, 1.54) is 7.11 Å². The molecule has 0 heterocycles. The van der Waals surface area contributed by atoms with E-state index in [1.54, 1.807) is 18.2 Å². The third-order valence-corrected chi connectivity index (χ3v) is 2.65. The molecule has 0 radical (unpaired) electrons. The summed E-state index contributed by atoms with van der Waals surface area (Å²) in [6, 6.07) is 5.04. The first-order chi connectivity index (χ1) is 9.12. The molecule has 0 bridgehead atoms. The normalized spacial score (nSPS) is 11.8. The van der Waals surface area contributed by atoms with E-state index in [-0.39, 0.29) is 18.4 Å². The van der Waals surface area contributed by atoms with Gasteiger partial charge in [-0.2, -0.15) is 0 Å². The highest BCUT2D eigenvalue weighted by atomic mass is 16.5. The fourth-order valence-electron chi connectivity index (χ4n) is 1.52. The Morgan fingerprint density at radius 2 is 2.16 bits per heavy atom. The van der Waals surface area contributed by atoms with E-state index in [0.29, 0.717) is 30.2 Å². The van der Waals surface area contributed by atoms with E-state index >= 15 is 0 Å². The second kappa shape index (κ2) is 7.63. The maximum atomic E-state index is 11.9. The number of aliphatic hydroxyl groups excluding tert-OH is 1. The molecule has 0 aromatic heterocycles. The molecule has 0 saturated heterocycles. The van der Waals surface area contributed by atoms with Crippen molar-refractivity contribution in [2.75, 3.05) is 26.9 Å². The highest BCUT2D eigenvalue weighted by Gasteiger charge is 2.11.